The van der Waals surface area contributed by atoms with Gasteiger partial charge >= 0.3 is 0 Å². The number of hydrogen-bond acceptors (Lipinski definition) is 2. The topological polar surface area (TPSA) is 47.3 Å². The van der Waals surface area contributed by atoms with Gasteiger partial charge in [0.2, 0.25) is 0 Å². The molecular formula is C10H14N2OS. The van der Waals surface area contributed by atoms with E-state index in [1.165, 1.54) is 0 Å². The molecule has 0 radical (unpaired) electrons. The molecule has 0 unspecified atom stereocenters. The van der Waals surface area contributed by atoms with Crippen LogP contribution >= 0.6 is 12.2 Å². The van der Waals surface area contributed by atoms with Gasteiger partial charge in [-0.3, -0.25) is 0 Å². The summed E-state index contributed by atoms with van der Waals surface area (Å²) in [6, 6.07) is 7.83. The molecular weight excluding hydrogens is 196 g/mol. The predicted molar refractivity (Wildman–Crippen MR) is 61.2 cm³/mol. The molecule has 0 aromatic heterocycles. The number of benzene rings is 1. The fourth-order valence-electron chi connectivity index (χ4n) is 1.10. The SMILES string of the molecule is CCOc1cccc(CNC(N)=S)c1. The predicted octanol–water partition coefficient (Wildman–Crippen LogP) is 1.42. The Hall–Kier alpha value is -1.29. The molecule has 76 valence electrons. The number of nitrogens with two attached hydrogens (primary N) is 1. The van der Waals surface area contributed by atoms with Crippen LogP contribution < -0.4 is 15.8 Å². The molecule has 0 aliphatic carbocycles. The number of thiocarbonyl (C=S) groups is 1. The molecule has 4 heteroatoms. The fourth-order valence-corrected chi connectivity index (χ4v) is 1.17. The highest BCUT2D eigenvalue weighted by Crippen LogP contribution is 2.12. The van der Waals surface area contributed by atoms with Crippen molar-refractivity contribution in [3.8, 4) is 5.75 Å². The van der Waals surface area contributed by atoms with Crippen molar-refractivity contribution in [2.24, 2.45) is 5.73 Å². The second-order valence-corrected chi connectivity index (χ2v) is 3.24. The molecule has 0 spiro atoms. The van der Waals surface area contributed by atoms with Gasteiger partial charge in [-0.2, -0.15) is 0 Å². The Balaban J connectivity index is 2.58. The normalized spacial score (nSPS) is 9.50. The lowest BCUT2D eigenvalue weighted by atomic mass is 10.2. The van der Waals surface area contributed by atoms with Crippen LogP contribution in [0.5, 0.6) is 5.75 Å². The molecule has 0 amide bonds. The second-order valence-electron chi connectivity index (χ2n) is 2.80. The first-order valence-corrected chi connectivity index (χ1v) is 4.88. The average molecular weight is 210 g/mol. The van der Waals surface area contributed by atoms with E-state index >= 15 is 0 Å². The summed E-state index contributed by atoms with van der Waals surface area (Å²) in [6.45, 7) is 3.27. The third-order valence-corrected chi connectivity index (χ3v) is 1.82. The van der Waals surface area contributed by atoms with Gasteiger partial charge in [0.25, 0.3) is 0 Å². The number of hydrogen-bond donors (Lipinski definition) is 2. The van der Waals surface area contributed by atoms with Gasteiger partial charge in [0.1, 0.15) is 5.75 Å². The Morgan fingerprint density at radius 1 is 1.57 bits per heavy atom. The second kappa shape index (κ2) is 5.44. The summed E-state index contributed by atoms with van der Waals surface area (Å²) in [5, 5.41) is 3.20. The van der Waals surface area contributed by atoms with Gasteiger partial charge in [0.05, 0.1) is 6.61 Å². The molecule has 3 N–H and O–H groups in total. The van der Waals surface area contributed by atoms with E-state index in [9.17, 15) is 0 Å². The van der Waals surface area contributed by atoms with E-state index in [4.69, 9.17) is 22.7 Å². The van der Waals surface area contributed by atoms with Gasteiger partial charge in [-0.05, 0) is 36.8 Å². The van der Waals surface area contributed by atoms with E-state index in [-0.39, 0.29) is 0 Å². The molecule has 0 aliphatic rings. The van der Waals surface area contributed by atoms with E-state index in [2.05, 4.69) is 5.32 Å². The number of ether oxygens (including phenoxy) is 1. The summed E-state index contributed by atoms with van der Waals surface area (Å²) in [7, 11) is 0. The number of rotatable bonds is 4. The van der Waals surface area contributed by atoms with Crippen LogP contribution in [-0.4, -0.2) is 11.7 Å². The molecule has 1 aromatic rings. The van der Waals surface area contributed by atoms with Gasteiger partial charge in [0.15, 0.2) is 5.11 Å². The molecule has 0 aliphatic heterocycles. The van der Waals surface area contributed by atoms with Crippen LogP contribution in [0.2, 0.25) is 0 Å². The molecule has 0 bridgehead atoms. The maximum atomic E-state index is 5.36. The standard InChI is InChI=1S/C10H14N2OS/c1-2-13-9-5-3-4-8(6-9)7-12-10(11)14/h3-6H,2,7H2,1H3,(H3,11,12,14). The summed E-state index contributed by atoms with van der Waals surface area (Å²) in [5.41, 5.74) is 6.43. The van der Waals surface area contributed by atoms with Gasteiger partial charge < -0.3 is 15.8 Å². The zero-order valence-electron chi connectivity index (χ0n) is 8.12. The van der Waals surface area contributed by atoms with Crippen LogP contribution in [0.3, 0.4) is 0 Å². The molecule has 3 nitrogen and oxygen atoms in total. The lowest BCUT2D eigenvalue weighted by Gasteiger charge is -2.06. The molecule has 0 saturated heterocycles. The van der Waals surface area contributed by atoms with Crippen LogP contribution in [-0.2, 0) is 6.54 Å². The molecule has 0 heterocycles. The van der Waals surface area contributed by atoms with Crippen LogP contribution in [0.4, 0.5) is 0 Å². The van der Waals surface area contributed by atoms with E-state index in [1.807, 2.05) is 31.2 Å². The quantitative estimate of drug-likeness (QED) is 0.738. The smallest absolute Gasteiger partial charge is 0.163 e. The minimum atomic E-state index is 0.312. The van der Waals surface area contributed by atoms with Crippen molar-refractivity contribution in [2.45, 2.75) is 13.5 Å². The van der Waals surface area contributed by atoms with E-state index in [0.29, 0.717) is 18.3 Å². The summed E-state index contributed by atoms with van der Waals surface area (Å²) in [5.74, 6) is 0.870. The molecule has 0 atom stereocenters. The highest BCUT2D eigenvalue weighted by Gasteiger charge is 1.96. The zero-order valence-corrected chi connectivity index (χ0v) is 8.93. The van der Waals surface area contributed by atoms with E-state index in [0.717, 1.165) is 11.3 Å². The molecule has 0 fully saturated rings. The van der Waals surface area contributed by atoms with Gasteiger partial charge in [-0.15, -0.1) is 0 Å². The summed E-state index contributed by atoms with van der Waals surface area (Å²) in [6.07, 6.45) is 0. The van der Waals surface area contributed by atoms with Crippen LogP contribution in [0, 0.1) is 0 Å². The molecule has 1 aromatic carbocycles. The highest BCUT2D eigenvalue weighted by atomic mass is 32.1. The van der Waals surface area contributed by atoms with Gasteiger partial charge in [-0.1, -0.05) is 12.1 Å². The Labute approximate surface area is 89.3 Å². The van der Waals surface area contributed by atoms with Crippen molar-refractivity contribution in [2.75, 3.05) is 6.61 Å². The van der Waals surface area contributed by atoms with E-state index < -0.39 is 0 Å². The van der Waals surface area contributed by atoms with Crippen molar-refractivity contribution in [3.63, 3.8) is 0 Å². The zero-order chi connectivity index (χ0) is 10.4. The Bertz CT molecular complexity index is 315. The van der Waals surface area contributed by atoms with Crippen molar-refractivity contribution in [1.82, 2.24) is 5.32 Å². The maximum absolute atomic E-state index is 5.36. The third-order valence-electron chi connectivity index (χ3n) is 1.68. The minimum Gasteiger partial charge on any atom is -0.494 e. The summed E-state index contributed by atoms with van der Waals surface area (Å²) < 4.78 is 5.36. The van der Waals surface area contributed by atoms with Gasteiger partial charge in [0, 0.05) is 6.54 Å². The van der Waals surface area contributed by atoms with Crippen LogP contribution in [0.15, 0.2) is 24.3 Å². The lowest BCUT2D eigenvalue weighted by molar-refractivity contribution is 0.340. The van der Waals surface area contributed by atoms with Crippen molar-refractivity contribution in [3.05, 3.63) is 29.8 Å². The third kappa shape index (κ3) is 3.62. The lowest BCUT2D eigenvalue weighted by Crippen LogP contribution is -2.28. The molecule has 1 rings (SSSR count). The van der Waals surface area contributed by atoms with Crippen LogP contribution in [0.25, 0.3) is 0 Å². The fraction of sp³-hybridized carbons (Fsp3) is 0.300. The van der Waals surface area contributed by atoms with E-state index in [1.54, 1.807) is 0 Å². The summed E-state index contributed by atoms with van der Waals surface area (Å²) in [4.78, 5) is 0. The van der Waals surface area contributed by atoms with Crippen molar-refractivity contribution in [1.29, 1.82) is 0 Å². The molecule has 14 heavy (non-hydrogen) atoms. The first-order chi connectivity index (χ1) is 6.72. The largest absolute Gasteiger partial charge is 0.494 e. The molecule has 0 saturated carbocycles. The first-order valence-electron chi connectivity index (χ1n) is 4.47. The Morgan fingerprint density at radius 3 is 3.00 bits per heavy atom. The first kappa shape index (κ1) is 10.8. The van der Waals surface area contributed by atoms with Crippen molar-refractivity contribution >= 4 is 17.3 Å². The maximum Gasteiger partial charge on any atom is 0.163 e. The Morgan fingerprint density at radius 2 is 2.36 bits per heavy atom. The van der Waals surface area contributed by atoms with Gasteiger partial charge in [-0.25, -0.2) is 0 Å². The highest BCUT2D eigenvalue weighted by molar-refractivity contribution is 7.80. The minimum absolute atomic E-state index is 0.312. The monoisotopic (exact) mass is 210 g/mol. The average Bonchev–Trinajstić information content (AvgIpc) is 2.16. The Kier molecular flexibility index (Phi) is 4.19. The number of nitrogens with one attached hydrogen (secondary N) is 1. The van der Waals surface area contributed by atoms with Crippen LogP contribution in [0.1, 0.15) is 12.5 Å². The summed E-state index contributed by atoms with van der Waals surface area (Å²) >= 11 is 4.71. The van der Waals surface area contributed by atoms with Crippen molar-refractivity contribution < 1.29 is 4.74 Å².